The number of rotatable bonds is 5. The largest absolute Gasteiger partial charge is 0.493 e. The van der Waals surface area contributed by atoms with E-state index in [0.29, 0.717) is 33.9 Å². The SMILES string of the molecule is N#Cc1cc(-c2ccnc(-c3ccc(C(=O)N(CC(F)(F)F)OC(=O)C(F)(F)F)cc3)c2)[nH]c1N1CCNCC1. The number of hydroxylamine groups is 2. The zero-order chi connectivity index (χ0) is 29.1. The van der Waals surface area contributed by atoms with Crippen LogP contribution >= 0.6 is 0 Å². The Morgan fingerprint density at radius 3 is 2.30 bits per heavy atom. The van der Waals surface area contributed by atoms with Crippen LogP contribution in [0.15, 0.2) is 48.7 Å². The molecule has 15 heteroatoms. The number of anilines is 1. The van der Waals surface area contributed by atoms with Crippen molar-refractivity contribution in [3.8, 4) is 28.6 Å². The quantitative estimate of drug-likeness (QED) is 0.354. The first-order chi connectivity index (χ1) is 18.9. The molecule has 1 aliphatic heterocycles. The number of amides is 1. The van der Waals surface area contributed by atoms with Crippen LogP contribution in [0.1, 0.15) is 15.9 Å². The number of halogens is 6. The van der Waals surface area contributed by atoms with Gasteiger partial charge >= 0.3 is 18.3 Å². The number of H-pyrrole nitrogens is 1. The lowest BCUT2D eigenvalue weighted by Crippen LogP contribution is -2.44. The zero-order valence-corrected chi connectivity index (χ0v) is 20.4. The maximum atomic E-state index is 12.8. The highest BCUT2D eigenvalue weighted by molar-refractivity contribution is 5.95. The highest BCUT2D eigenvalue weighted by Crippen LogP contribution is 2.30. The van der Waals surface area contributed by atoms with Gasteiger partial charge in [0, 0.05) is 54.8 Å². The van der Waals surface area contributed by atoms with Crippen molar-refractivity contribution in [3.63, 3.8) is 0 Å². The molecule has 2 aromatic heterocycles. The second kappa shape index (κ2) is 11.3. The molecule has 0 spiro atoms. The molecule has 1 aliphatic rings. The van der Waals surface area contributed by atoms with Crippen molar-refractivity contribution in [2.75, 3.05) is 37.6 Å². The molecule has 40 heavy (non-hydrogen) atoms. The molecule has 3 aromatic rings. The number of alkyl halides is 6. The van der Waals surface area contributed by atoms with Crippen LogP contribution in [0, 0.1) is 11.3 Å². The topological polar surface area (TPSA) is 114 Å². The molecule has 1 saturated heterocycles. The summed E-state index contributed by atoms with van der Waals surface area (Å²) in [5.41, 5.74) is 2.18. The normalized spacial score (nSPS) is 14.0. The highest BCUT2D eigenvalue weighted by Gasteiger charge is 2.45. The minimum absolute atomic E-state index is 0.406. The van der Waals surface area contributed by atoms with E-state index in [1.807, 2.05) is 0 Å². The van der Waals surface area contributed by atoms with Crippen molar-refractivity contribution in [1.82, 2.24) is 20.3 Å². The molecule has 1 amide bonds. The van der Waals surface area contributed by atoms with Gasteiger partial charge in [-0.3, -0.25) is 9.78 Å². The molecule has 0 aliphatic carbocycles. The average Bonchev–Trinajstić information content (AvgIpc) is 3.36. The number of piperazine rings is 1. The minimum atomic E-state index is -5.61. The fourth-order valence-electron chi connectivity index (χ4n) is 3.97. The van der Waals surface area contributed by atoms with Crippen LogP contribution in [-0.4, -0.2) is 72.0 Å². The summed E-state index contributed by atoms with van der Waals surface area (Å²) in [7, 11) is 0. The van der Waals surface area contributed by atoms with Crippen LogP contribution in [0.25, 0.3) is 22.5 Å². The lowest BCUT2D eigenvalue weighted by Gasteiger charge is -2.28. The molecule has 210 valence electrons. The number of carbonyl (C=O) groups excluding carboxylic acids is 2. The summed E-state index contributed by atoms with van der Waals surface area (Å²) in [5, 5.41) is 12.2. The van der Waals surface area contributed by atoms with E-state index in [9.17, 15) is 41.2 Å². The first kappa shape index (κ1) is 28.4. The number of aromatic nitrogens is 2. The van der Waals surface area contributed by atoms with E-state index in [-0.39, 0.29) is 0 Å². The van der Waals surface area contributed by atoms with E-state index in [0.717, 1.165) is 38.3 Å². The van der Waals surface area contributed by atoms with Crippen molar-refractivity contribution in [1.29, 1.82) is 5.26 Å². The van der Waals surface area contributed by atoms with Crippen molar-refractivity contribution in [2.24, 2.45) is 0 Å². The smallest absolute Gasteiger partial charge is 0.355 e. The Labute approximate surface area is 222 Å². The number of aromatic amines is 1. The first-order valence-corrected chi connectivity index (χ1v) is 11.7. The fourth-order valence-corrected chi connectivity index (χ4v) is 3.97. The molecular formula is C25H20F6N6O3. The van der Waals surface area contributed by atoms with Crippen molar-refractivity contribution in [2.45, 2.75) is 12.4 Å². The standard InChI is InChI=1S/C25H20F6N6O3/c26-24(27,28)14-37(40-23(39)25(29,30)31)22(38)16-3-1-15(2-4-16)19-11-17(5-6-34-19)20-12-18(13-32)21(35-20)36-9-7-33-8-10-36/h1-6,11-12,33,35H,7-10,14H2. The summed E-state index contributed by atoms with van der Waals surface area (Å²) < 4.78 is 76.1. The molecule has 4 rings (SSSR count). The van der Waals surface area contributed by atoms with E-state index < -0.39 is 41.4 Å². The van der Waals surface area contributed by atoms with E-state index in [1.54, 1.807) is 18.2 Å². The van der Waals surface area contributed by atoms with E-state index in [1.165, 1.54) is 18.3 Å². The monoisotopic (exact) mass is 566 g/mol. The molecule has 1 aromatic carbocycles. The van der Waals surface area contributed by atoms with Crippen molar-refractivity contribution in [3.05, 3.63) is 59.8 Å². The predicted molar refractivity (Wildman–Crippen MR) is 128 cm³/mol. The summed E-state index contributed by atoms with van der Waals surface area (Å²) in [6, 6.07) is 12.1. The van der Waals surface area contributed by atoms with Crippen LogP contribution in [0.2, 0.25) is 0 Å². The Morgan fingerprint density at radius 1 is 1.02 bits per heavy atom. The number of pyridine rings is 1. The van der Waals surface area contributed by atoms with Gasteiger partial charge in [0.1, 0.15) is 11.9 Å². The summed E-state index contributed by atoms with van der Waals surface area (Å²) in [5.74, 6) is -3.87. The third kappa shape index (κ3) is 6.70. The predicted octanol–water partition coefficient (Wildman–Crippen LogP) is 4.05. The number of carbonyl (C=O) groups is 2. The number of hydrogen-bond acceptors (Lipinski definition) is 7. The van der Waals surface area contributed by atoms with Gasteiger partial charge in [0.25, 0.3) is 5.91 Å². The second-order valence-electron chi connectivity index (χ2n) is 8.63. The van der Waals surface area contributed by atoms with Gasteiger partial charge in [-0.05, 0) is 30.3 Å². The summed E-state index contributed by atoms with van der Waals surface area (Å²) in [6.07, 6.45) is -9.24. The summed E-state index contributed by atoms with van der Waals surface area (Å²) >= 11 is 0. The average molecular weight is 566 g/mol. The molecule has 0 unspecified atom stereocenters. The molecule has 9 nitrogen and oxygen atoms in total. The molecule has 0 radical (unpaired) electrons. The van der Waals surface area contributed by atoms with Gasteiger partial charge < -0.3 is 20.0 Å². The zero-order valence-electron chi connectivity index (χ0n) is 20.4. The van der Waals surface area contributed by atoms with Gasteiger partial charge in [0.05, 0.1) is 11.3 Å². The van der Waals surface area contributed by atoms with E-state index in [2.05, 4.69) is 31.1 Å². The van der Waals surface area contributed by atoms with Crippen molar-refractivity contribution < 1.29 is 40.8 Å². The van der Waals surface area contributed by atoms with Crippen LogP contribution in [0.4, 0.5) is 32.2 Å². The van der Waals surface area contributed by atoms with Gasteiger partial charge in [0.15, 0.2) is 6.54 Å². The molecule has 0 atom stereocenters. The Bertz CT molecular complexity index is 1420. The van der Waals surface area contributed by atoms with E-state index in [4.69, 9.17) is 0 Å². The fraction of sp³-hybridized carbons (Fsp3) is 0.280. The number of nitriles is 1. The van der Waals surface area contributed by atoms with Gasteiger partial charge in [-0.1, -0.05) is 12.1 Å². The van der Waals surface area contributed by atoms with Crippen LogP contribution in [0.3, 0.4) is 0 Å². The van der Waals surface area contributed by atoms with Gasteiger partial charge in [0.2, 0.25) is 0 Å². The maximum Gasteiger partial charge on any atom is 0.493 e. The summed E-state index contributed by atoms with van der Waals surface area (Å²) in [4.78, 5) is 36.9. The Morgan fingerprint density at radius 2 is 1.70 bits per heavy atom. The number of hydrogen-bond donors (Lipinski definition) is 2. The van der Waals surface area contributed by atoms with Gasteiger partial charge in [-0.25, -0.2) is 4.79 Å². The van der Waals surface area contributed by atoms with Gasteiger partial charge in [-0.2, -0.15) is 36.7 Å². The molecular weight excluding hydrogens is 546 g/mol. The van der Waals surface area contributed by atoms with Crippen LogP contribution in [-0.2, 0) is 9.63 Å². The summed E-state index contributed by atoms with van der Waals surface area (Å²) in [6.45, 7) is 0.746. The molecule has 0 saturated carbocycles. The molecule has 2 N–H and O–H groups in total. The van der Waals surface area contributed by atoms with Crippen LogP contribution < -0.4 is 10.2 Å². The number of nitrogens with zero attached hydrogens (tertiary/aromatic N) is 4. The van der Waals surface area contributed by atoms with E-state index >= 15 is 0 Å². The molecule has 1 fully saturated rings. The second-order valence-corrected chi connectivity index (χ2v) is 8.63. The molecule has 0 bridgehead atoms. The van der Waals surface area contributed by atoms with Gasteiger partial charge in [-0.15, -0.1) is 0 Å². The number of nitrogens with one attached hydrogen (secondary N) is 2. The Hall–Kier alpha value is -4.58. The Balaban J connectivity index is 1.56. The lowest BCUT2D eigenvalue weighted by atomic mass is 10.1. The minimum Gasteiger partial charge on any atom is -0.355 e. The third-order valence-electron chi connectivity index (χ3n) is 5.82. The Kier molecular flexibility index (Phi) is 8.01. The van der Waals surface area contributed by atoms with Crippen LogP contribution in [0.5, 0.6) is 0 Å². The molecule has 3 heterocycles. The lowest BCUT2D eigenvalue weighted by molar-refractivity contribution is -0.246. The highest BCUT2D eigenvalue weighted by atomic mass is 19.4. The van der Waals surface area contributed by atoms with Crippen molar-refractivity contribution >= 4 is 17.7 Å². The number of benzene rings is 1. The third-order valence-corrected chi connectivity index (χ3v) is 5.82. The first-order valence-electron chi connectivity index (χ1n) is 11.7. The maximum absolute atomic E-state index is 12.8.